The fraction of sp³-hybridized carbons (Fsp3) is 0.400. The van der Waals surface area contributed by atoms with E-state index < -0.39 is 0 Å². The summed E-state index contributed by atoms with van der Waals surface area (Å²) in [5, 5.41) is 13.2. The number of rotatable bonds is 5. The zero-order chi connectivity index (χ0) is 18.5. The normalized spacial score (nSPS) is 13.3. The molecule has 26 heavy (non-hydrogen) atoms. The Labute approximate surface area is 157 Å². The predicted octanol–water partition coefficient (Wildman–Crippen LogP) is 4.09. The minimum Gasteiger partial charge on any atom is -0.493 e. The lowest BCUT2D eigenvalue weighted by Gasteiger charge is -2.09. The monoisotopic (exact) mass is 370 g/mol. The smallest absolute Gasteiger partial charge is 0.229 e. The maximum atomic E-state index is 12.5. The third-order valence-electron chi connectivity index (χ3n) is 4.60. The Kier molecular flexibility index (Phi) is 5.79. The molecule has 0 saturated carbocycles. The van der Waals surface area contributed by atoms with Crippen molar-refractivity contribution in [2.75, 3.05) is 19.5 Å². The van der Waals surface area contributed by atoms with Gasteiger partial charge in [0.05, 0.1) is 26.2 Å². The largest absolute Gasteiger partial charge is 0.493 e. The zero-order valence-electron chi connectivity index (χ0n) is 15.1. The molecule has 1 amide bonds. The molecule has 0 fully saturated rings. The fourth-order valence-electron chi connectivity index (χ4n) is 3.30. The van der Waals surface area contributed by atoms with Crippen LogP contribution in [0, 0.1) is 11.3 Å². The maximum Gasteiger partial charge on any atom is 0.229 e. The highest BCUT2D eigenvalue weighted by molar-refractivity contribution is 7.16. The minimum absolute atomic E-state index is 0.134. The van der Waals surface area contributed by atoms with Crippen molar-refractivity contribution in [2.45, 2.75) is 38.5 Å². The summed E-state index contributed by atoms with van der Waals surface area (Å²) in [5.74, 6) is 1.09. The lowest BCUT2D eigenvalue weighted by Crippen LogP contribution is -2.14. The number of thiophene rings is 1. The van der Waals surface area contributed by atoms with Crippen LogP contribution in [0.5, 0.6) is 11.5 Å². The van der Waals surface area contributed by atoms with Crippen molar-refractivity contribution >= 4 is 22.2 Å². The summed E-state index contributed by atoms with van der Waals surface area (Å²) in [6.07, 6.45) is 5.61. The lowest BCUT2D eigenvalue weighted by atomic mass is 10.1. The van der Waals surface area contributed by atoms with Gasteiger partial charge in [-0.2, -0.15) is 5.26 Å². The lowest BCUT2D eigenvalue weighted by molar-refractivity contribution is -0.115. The molecular weight excluding hydrogens is 348 g/mol. The summed E-state index contributed by atoms with van der Waals surface area (Å²) in [5.41, 5.74) is 2.61. The Hall–Kier alpha value is -2.52. The van der Waals surface area contributed by atoms with E-state index in [1.54, 1.807) is 37.7 Å². The number of anilines is 1. The molecule has 1 aliphatic rings. The molecule has 0 spiro atoms. The van der Waals surface area contributed by atoms with Crippen molar-refractivity contribution in [3.63, 3.8) is 0 Å². The summed E-state index contributed by atoms with van der Waals surface area (Å²) >= 11 is 1.55. The Balaban J connectivity index is 1.76. The average Bonchev–Trinajstić information content (AvgIpc) is 2.80. The van der Waals surface area contributed by atoms with Gasteiger partial charge >= 0.3 is 0 Å². The molecule has 1 aromatic carbocycles. The van der Waals surface area contributed by atoms with Crippen LogP contribution >= 0.6 is 11.3 Å². The van der Waals surface area contributed by atoms with E-state index in [1.807, 2.05) is 6.07 Å². The molecule has 1 aliphatic carbocycles. The second-order valence-electron chi connectivity index (χ2n) is 6.29. The van der Waals surface area contributed by atoms with Crippen LogP contribution in [0.1, 0.15) is 40.8 Å². The number of benzene rings is 1. The molecule has 0 unspecified atom stereocenters. The Morgan fingerprint density at radius 2 is 1.96 bits per heavy atom. The van der Waals surface area contributed by atoms with E-state index in [0.29, 0.717) is 22.1 Å². The second-order valence-corrected chi connectivity index (χ2v) is 7.40. The van der Waals surface area contributed by atoms with Gasteiger partial charge in [0.15, 0.2) is 11.5 Å². The van der Waals surface area contributed by atoms with Gasteiger partial charge in [0.1, 0.15) is 11.1 Å². The molecule has 0 radical (unpaired) electrons. The summed E-state index contributed by atoms with van der Waals surface area (Å²) in [4.78, 5) is 13.7. The van der Waals surface area contributed by atoms with Crippen LogP contribution in [0.25, 0.3) is 0 Å². The van der Waals surface area contributed by atoms with Crippen LogP contribution in [-0.2, 0) is 24.1 Å². The number of amides is 1. The van der Waals surface area contributed by atoms with Crippen LogP contribution in [0.15, 0.2) is 18.2 Å². The highest BCUT2D eigenvalue weighted by Gasteiger charge is 2.21. The van der Waals surface area contributed by atoms with Gasteiger partial charge < -0.3 is 14.8 Å². The second kappa shape index (κ2) is 8.24. The van der Waals surface area contributed by atoms with E-state index in [1.165, 1.54) is 11.3 Å². The molecule has 1 heterocycles. The van der Waals surface area contributed by atoms with Crippen LogP contribution in [0.3, 0.4) is 0 Å². The Morgan fingerprint density at radius 3 is 2.69 bits per heavy atom. The molecule has 0 saturated heterocycles. The van der Waals surface area contributed by atoms with Crippen molar-refractivity contribution in [3.8, 4) is 17.6 Å². The van der Waals surface area contributed by atoms with E-state index in [2.05, 4.69) is 11.4 Å². The maximum absolute atomic E-state index is 12.5. The van der Waals surface area contributed by atoms with Gasteiger partial charge in [-0.1, -0.05) is 12.5 Å². The number of hydrogen-bond acceptors (Lipinski definition) is 5. The number of carbonyl (C=O) groups is 1. The van der Waals surface area contributed by atoms with Crippen molar-refractivity contribution in [3.05, 3.63) is 39.8 Å². The molecular formula is C20H22N2O3S. The molecule has 1 N–H and O–H groups in total. The van der Waals surface area contributed by atoms with Crippen LogP contribution in [0.4, 0.5) is 5.00 Å². The molecule has 2 aromatic rings. The summed E-state index contributed by atoms with van der Waals surface area (Å²) in [7, 11) is 3.15. The topological polar surface area (TPSA) is 71.3 Å². The zero-order valence-corrected chi connectivity index (χ0v) is 15.9. The van der Waals surface area contributed by atoms with Crippen molar-refractivity contribution in [1.82, 2.24) is 0 Å². The first kappa shape index (κ1) is 18.3. The first-order chi connectivity index (χ1) is 12.7. The standard InChI is InChI=1S/C20H22N2O3S/c1-24-16-9-8-13(10-17(16)25-2)11-19(23)22-20-15(12-21)14-6-4-3-5-7-18(14)26-20/h8-10H,3-7,11H2,1-2H3,(H,22,23). The average molecular weight is 370 g/mol. The minimum atomic E-state index is -0.134. The number of ether oxygens (including phenoxy) is 2. The summed E-state index contributed by atoms with van der Waals surface area (Å²) in [6.45, 7) is 0. The number of aryl methyl sites for hydroxylation is 1. The van der Waals surface area contributed by atoms with Gasteiger partial charge in [-0.25, -0.2) is 0 Å². The molecule has 3 rings (SSSR count). The molecule has 0 bridgehead atoms. The predicted molar refractivity (Wildman–Crippen MR) is 102 cm³/mol. The third kappa shape index (κ3) is 3.83. The highest BCUT2D eigenvalue weighted by atomic mass is 32.1. The van der Waals surface area contributed by atoms with E-state index in [0.717, 1.165) is 36.8 Å². The number of carbonyl (C=O) groups excluding carboxylic acids is 1. The van der Waals surface area contributed by atoms with Gasteiger partial charge in [-0.3, -0.25) is 4.79 Å². The Bertz CT molecular complexity index is 851. The molecule has 0 atom stereocenters. The number of fused-ring (bicyclic) bond motifs is 1. The summed E-state index contributed by atoms with van der Waals surface area (Å²) < 4.78 is 10.5. The molecule has 136 valence electrons. The van der Waals surface area contributed by atoms with Crippen LogP contribution < -0.4 is 14.8 Å². The molecule has 0 aliphatic heterocycles. The number of nitrogens with zero attached hydrogens (tertiary/aromatic N) is 1. The van der Waals surface area contributed by atoms with Crippen molar-refractivity contribution in [1.29, 1.82) is 5.26 Å². The van der Waals surface area contributed by atoms with Crippen LogP contribution in [0.2, 0.25) is 0 Å². The van der Waals surface area contributed by atoms with Gasteiger partial charge in [-0.15, -0.1) is 11.3 Å². The van der Waals surface area contributed by atoms with E-state index in [9.17, 15) is 10.1 Å². The number of hydrogen-bond donors (Lipinski definition) is 1. The number of nitrogens with one attached hydrogen (secondary N) is 1. The first-order valence-electron chi connectivity index (χ1n) is 8.71. The Morgan fingerprint density at radius 1 is 1.19 bits per heavy atom. The van der Waals surface area contributed by atoms with Gasteiger partial charge in [-0.05, 0) is 48.9 Å². The quantitative estimate of drug-likeness (QED) is 0.805. The highest BCUT2D eigenvalue weighted by Crippen LogP contribution is 2.37. The third-order valence-corrected chi connectivity index (χ3v) is 5.81. The SMILES string of the molecule is COc1ccc(CC(=O)Nc2sc3c(c2C#N)CCCCC3)cc1OC. The molecule has 1 aromatic heterocycles. The number of nitriles is 1. The van der Waals surface area contributed by atoms with E-state index in [4.69, 9.17) is 9.47 Å². The van der Waals surface area contributed by atoms with Crippen molar-refractivity contribution in [2.24, 2.45) is 0 Å². The molecule has 6 heteroatoms. The van der Waals surface area contributed by atoms with E-state index in [-0.39, 0.29) is 12.3 Å². The van der Waals surface area contributed by atoms with Gasteiger partial charge in [0, 0.05) is 4.88 Å². The van der Waals surface area contributed by atoms with E-state index >= 15 is 0 Å². The van der Waals surface area contributed by atoms with Crippen LogP contribution in [-0.4, -0.2) is 20.1 Å². The summed E-state index contributed by atoms with van der Waals surface area (Å²) in [6, 6.07) is 7.72. The fourth-order valence-corrected chi connectivity index (χ4v) is 4.55. The van der Waals surface area contributed by atoms with Gasteiger partial charge in [0.2, 0.25) is 5.91 Å². The molecule has 5 nitrogen and oxygen atoms in total. The van der Waals surface area contributed by atoms with Crippen molar-refractivity contribution < 1.29 is 14.3 Å². The van der Waals surface area contributed by atoms with Gasteiger partial charge in [0.25, 0.3) is 0 Å². The number of methoxy groups -OCH3 is 2. The first-order valence-corrected chi connectivity index (χ1v) is 9.53.